The molecule has 1 aliphatic rings. The van der Waals surface area contributed by atoms with Gasteiger partial charge in [0.05, 0.1) is 17.6 Å². The standard InChI is InChI=1S/C26H31N7O/c1-5-28-26-30-20-8-6-18(13-21(20)31-26)17-7-9-22-19(12-17)14-33(10-11-34-22)24-23(15(2)3)16(4)29-25(27)32-24/h6-9,12-13,15H,5,10-11,14H2,1-4H3,(H2,27,29,32)(H2,28,30,31). The topological polar surface area (TPSA) is 105 Å². The molecule has 0 bridgehead atoms. The maximum absolute atomic E-state index is 6.11. The van der Waals surface area contributed by atoms with E-state index in [0.29, 0.717) is 25.0 Å². The fourth-order valence-electron chi connectivity index (χ4n) is 4.70. The quantitative estimate of drug-likeness (QED) is 0.393. The summed E-state index contributed by atoms with van der Waals surface area (Å²) in [4.78, 5) is 19.3. The smallest absolute Gasteiger partial charge is 0.222 e. The summed E-state index contributed by atoms with van der Waals surface area (Å²) in [6, 6.07) is 12.7. The molecule has 0 amide bonds. The van der Waals surface area contributed by atoms with Gasteiger partial charge < -0.3 is 25.7 Å². The molecule has 0 atom stereocenters. The van der Waals surface area contributed by atoms with E-state index >= 15 is 0 Å². The van der Waals surface area contributed by atoms with Crippen LogP contribution in [0.1, 0.15) is 43.5 Å². The van der Waals surface area contributed by atoms with Crippen LogP contribution >= 0.6 is 0 Å². The lowest BCUT2D eigenvalue weighted by molar-refractivity contribution is 0.331. The second-order valence-corrected chi connectivity index (χ2v) is 9.00. The summed E-state index contributed by atoms with van der Waals surface area (Å²) in [6.07, 6.45) is 0. The van der Waals surface area contributed by atoms with Crippen molar-refractivity contribution in [3.63, 3.8) is 0 Å². The normalized spacial score (nSPS) is 13.6. The molecule has 0 radical (unpaired) electrons. The summed E-state index contributed by atoms with van der Waals surface area (Å²) in [7, 11) is 0. The van der Waals surface area contributed by atoms with Crippen LogP contribution in [0.5, 0.6) is 5.75 Å². The van der Waals surface area contributed by atoms with Crippen LogP contribution in [0.4, 0.5) is 17.7 Å². The Bertz CT molecular complexity index is 1340. The number of rotatable bonds is 5. The highest BCUT2D eigenvalue weighted by atomic mass is 16.5. The number of aryl methyl sites for hydroxylation is 1. The van der Waals surface area contributed by atoms with Crippen LogP contribution in [0.2, 0.25) is 0 Å². The van der Waals surface area contributed by atoms with Crippen LogP contribution in [0.25, 0.3) is 22.2 Å². The molecule has 2 aromatic heterocycles. The van der Waals surface area contributed by atoms with Gasteiger partial charge in [-0.3, -0.25) is 0 Å². The fraction of sp³-hybridized carbons (Fsp3) is 0.346. The minimum atomic E-state index is 0.290. The first-order chi connectivity index (χ1) is 16.4. The Morgan fingerprint density at radius 2 is 1.91 bits per heavy atom. The zero-order valence-corrected chi connectivity index (χ0v) is 20.1. The zero-order chi connectivity index (χ0) is 23.8. The molecule has 5 rings (SSSR count). The van der Waals surface area contributed by atoms with E-state index in [9.17, 15) is 0 Å². The van der Waals surface area contributed by atoms with Crippen LogP contribution in [0.3, 0.4) is 0 Å². The molecule has 0 saturated heterocycles. The van der Waals surface area contributed by atoms with Crippen LogP contribution < -0.4 is 20.7 Å². The fourth-order valence-corrected chi connectivity index (χ4v) is 4.70. The SMILES string of the molecule is CCNc1nc2cc(-c3ccc4c(c3)CN(c3nc(N)nc(C)c3C(C)C)CCO4)ccc2[nH]1. The second kappa shape index (κ2) is 8.85. The Labute approximate surface area is 199 Å². The van der Waals surface area contributed by atoms with Gasteiger partial charge >= 0.3 is 0 Å². The highest BCUT2D eigenvalue weighted by Crippen LogP contribution is 2.34. The molecule has 0 spiro atoms. The average molecular weight is 458 g/mol. The highest BCUT2D eigenvalue weighted by Gasteiger charge is 2.23. The molecule has 2 aromatic carbocycles. The lowest BCUT2D eigenvalue weighted by atomic mass is 10.00. The molecule has 8 nitrogen and oxygen atoms in total. The van der Waals surface area contributed by atoms with E-state index in [4.69, 9.17) is 10.5 Å². The van der Waals surface area contributed by atoms with E-state index in [1.807, 2.05) is 6.92 Å². The van der Waals surface area contributed by atoms with Crippen molar-refractivity contribution in [2.75, 3.05) is 35.6 Å². The minimum absolute atomic E-state index is 0.290. The van der Waals surface area contributed by atoms with E-state index in [0.717, 1.165) is 69.6 Å². The zero-order valence-electron chi connectivity index (χ0n) is 20.1. The minimum Gasteiger partial charge on any atom is -0.491 e. The van der Waals surface area contributed by atoms with Gasteiger partial charge in [-0.1, -0.05) is 26.0 Å². The highest BCUT2D eigenvalue weighted by molar-refractivity contribution is 5.83. The maximum atomic E-state index is 6.11. The van der Waals surface area contributed by atoms with Gasteiger partial charge in [0.2, 0.25) is 11.9 Å². The first kappa shape index (κ1) is 22.0. The van der Waals surface area contributed by atoms with Gasteiger partial charge in [0, 0.05) is 29.9 Å². The molecular formula is C26H31N7O. The third-order valence-electron chi connectivity index (χ3n) is 6.21. The summed E-state index contributed by atoms with van der Waals surface area (Å²) in [5.41, 5.74) is 13.4. The predicted molar refractivity (Wildman–Crippen MR) is 138 cm³/mol. The van der Waals surface area contributed by atoms with Gasteiger partial charge in [-0.05, 0) is 55.2 Å². The van der Waals surface area contributed by atoms with E-state index in [-0.39, 0.29) is 0 Å². The van der Waals surface area contributed by atoms with Crippen LogP contribution in [-0.2, 0) is 6.54 Å². The van der Waals surface area contributed by atoms with E-state index in [1.165, 1.54) is 0 Å². The van der Waals surface area contributed by atoms with E-state index < -0.39 is 0 Å². The number of hydrogen-bond donors (Lipinski definition) is 3. The van der Waals surface area contributed by atoms with Gasteiger partial charge in [0.25, 0.3) is 0 Å². The molecule has 8 heteroatoms. The Morgan fingerprint density at radius 1 is 1.12 bits per heavy atom. The van der Waals surface area contributed by atoms with Crippen molar-refractivity contribution in [3.8, 4) is 16.9 Å². The van der Waals surface area contributed by atoms with Gasteiger partial charge in [-0.2, -0.15) is 4.98 Å². The number of nitrogens with two attached hydrogens (primary N) is 1. The van der Waals surface area contributed by atoms with Crippen LogP contribution in [-0.4, -0.2) is 39.6 Å². The second-order valence-electron chi connectivity index (χ2n) is 9.00. The first-order valence-corrected chi connectivity index (χ1v) is 11.8. The average Bonchev–Trinajstić information content (AvgIpc) is 3.07. The maximum Gasteiger partial charge on any atom is 0.222 e. The third kappa shape index (κ3) is 4.11. The van der Waals surface area contributed by atoms with Gasteiger partial charge in [0.15, 0.2) is 0 Å². The number of nitrogens with zero attached hydrogens (tertiary/aromatic N) is 4. The number of H-pyrrole nitrogens is 1. The molecule has 0 aliphatic carbocycles. The van der Waals surface area contributed by atoms with Crippen molar-refractivity contribution in [1.29, 1.82) is 0 Å². The number of aromatic nitrogens is 4. The summed E-state index contributed by atoms with van der Waals surface area (Å²) in [6.45, 7) is 11.2. The van der Waals surface area contributed by atoms with Crippen molar-refractivity contribution in [1.82, 2.24) is 19.9 Å². The lowest BCUT2D eigenvalue weighted by Crippen LogP contribution is -2.28. The third-order valence-corrected chi connectivity index (χ3v) is 6.21. The molecule has 4 aromatic rings. The molecular weight excluding hydrogens is 426 g/mol. The van der Waals surface area contributed by atoms with Crippen molar-refractivity contribution < 1.29 is 4.74 Å². The summed E-state index contributed by atoms with van der Waals surface area (Å²) >= 11 is 0. The molecule has 0 saturated carbocycles. The first-order valence-electron chi connectivity index (χ1n) is 11.8. The number of anilines is 3. The van der Waals surface area contributed by atoms with Crippen molar-refractivity contribution in [2.45, 2.75) is 40.2 Å². The molecule has 3 heterocycles. The monoisotopic (exact) mass is 457 g/mol. The van der Waals surface area contributed by atoms with Crippen molar-refractivity contribution in [3.05, 3.63) is 53.2 Å². The number of imidazole rings is 1. The number of aromatic amines is 1. The Balaban J connectivity index is 1.51. The Kier molecular flexibility index (Phi) is 5.73. The van der Waals surface area contributed by atoms with Crippen LogP contribution in [0, 0.1) is 6.92 Å². The summed E-state index contributed by atoms with van der Waals surface area (Å²) in [5.74, 6) is 3.20. The Hall–Kier alpha value is -3.81. The predicted octanol–water partition coefficient (Wildman–Crippen LogP) is 4.86. The molecule has 0 fully saturated rings. The number of fused-ring (bicyclic) bond motifs is 2. The summed E-state index contributed by atoms with van der Waals surface area (Å²) in [5, 5.41) is 3.24. The Morgan fingerprint density at radius 3 is 2.71 bits per heavy atom. The molecule has 4 N–H and O–H groups in total. The van der Waals surface area contributed by atoms with Gasteiger partial charge in [0.1, 0.15) is 18.2 Å². The lowest BCUT2D eigenvalue weighted by Gasteiger charge is -2.26. The van der Waals surface area contributed by atoms with E-state index in [1.54, 1.807) is 0 Å². The van der Waals surface area contributed by atoms with Gasteiger partial charge in [-0.15, -0.1) is 0 Å². The summed E-state index contributed by atoms with van der Waals surface area (Å²) < 4.78 is 6.11. The largest absolute Gasteiger partial charge is 0.491 e. The van der Waals surface area contributed by atoms with Crippen molar-refractivity contribution >= 4 is 28.7 Å². The molecule has 0 unspecified atom stereocenters. The number of nitrogen functional groups attached to an aromatic ring is 1. The molecule has 34 heavy (non-hydrogen) atoms. The number of nitrogens with one attached hydrogen (secondary N) is 2. The van der Waals surface area contributed by atoms with Crippen molar-refractivity contribution in [2.24, 2.45) is 0 Å². The van der Waals surface area contributed by atoms with Crippen LogP contribution in [0.15, 0.2) is 36.4 Å². The molecule has 176 valence electrons. The number of benzene rings is 2. The number of ether oxygens (including phenoxy) is 1. The van der Waals surface area contributed by atoms with E-state index in [2.05, 4.69) is 87.3 Å². The molecule has 1 aliphatic heterocycles. The number of hydrogen-bond acceptors (Lipinski definition) is 7. The van der Waals surface area contributed by atoms with Gasteiger partial charge in [-0.25, -0.2) is 9.97 Å².